The summed E-state index contributed by atoms with van der Waals surface area (Å²) in [6.45, 7) is 0.849. The molecule has 31 heavy (non-hydrogen) atoms. The Labute approximate surface area is 180 Å². The van der Waals surface area contributed by atoms with Gasteiger partial charge >= 0.3 is 0 Å². The van der Waals surface area contributed by atoms with E-state index in [1.165, 1.54) is 0 Å². The number of benzene rings is 3. The maximum absolute atomic E-state index is 12.8. The first-order valence-corrected chi connectivity index (χ1v) is 9.96. The third-order valence-corrected chi connectivity index (χ3v) is 5.20. The Morgan fingerprint density at radius 2 is 1.84 bits per heavy atom. The molecule has 0 radical (unpaired) electrons. The molecule has 1 aliphatic rings. The van der Waals surface area contributed by atoms with Crippen LogP contribution in [0.15, 0.2) is 60.7 Å². The zero-order chi connectivity index (χ0) is 21.8. The molecule has 0 saturated heterocycles. The number of para-hydroxylation sites is 1. The van der Waals surface area contributed by atoms with Crippen LogP contribution in [0, 0.1) is 0 Å². The van der Waals surface area contributed by atoms with E-state index in [0.717, 1.165) is 28.1 Å². The number of fused-ring (bicyclic) bond motifs is 1. The molecule has 7 heteroatoms. The fourth-order valence-electron chi connectivity index (χ4n) is 3.71. The second kappa shape index (κ2) is 8.89. The Morgan fingerprint density at radius 1 is 1.06 bits per heavy atom. The molecule has 3 aromatic rings. The molecule has 0 fully saturated rings. The molecule has 1 aliphatic heterocycles. The van der Waals surface area contributed by atoms with Crippen molar-refractivity contribution < 1.29 is 19.4 Å². The fourth-order valence-corrected chi connectivity index (χ4v) is 3.71. The van der Waals surface area contributed by atoms with E-state index in [4.69, 9.17) is 9.84 Å². The molecule has 1 heterocycles. The smallest absolute Gasteiger partial charge is 0.255 e. The monoisotopic (exact) mass is 417 g/mol. The van der Waals surface area contributed by atoms with Gasteiger partial charge in [-0.15, -0.1) is 0 Å². The number of rotatable bonds is 7. The van der Waals surface area contributed by atoms with E-state index in [2.05, 4.69) is 16.0 Å². The van der Waals surface area contributed by atoms with Crippen molar-refractivity contribution in [3.05, 3.63) is 77.4 Å². The molecule has 4 N–H and O–H groups in total. The van der Waals surface area contributed by atoms with Gasteiger partial charge in [-0.25, -0.2) is 0 Å². The van der Waals surface area contributed by atoms with Gasteiger partial charge < -0.3 is 25.8 Å². The van der Waals surface area contributed by atoms with Crippen molar-refractivity contribution in [1.82, 2.24) is 5.32 Å². The highest BCUT2D eigenvalue weighted by Crippen LogP contribution is 2.38. The van der Waals surface area contributed by atoms with Crippen LogP contribution in [0.4, 0.5) is 11.4 Å². The lowest BCUT2D eigenvalue weighted by atomic mass is 9.95. The number of aliphatic hydroxyl groups excluding tert-OH is 1. The third-order valence-electron chi connectivity index (χ3n) is 5.20. The van der Waals surface area contributed by atoms with Gasteiger partial charge in [-0.2, -0.15) is 0 Å². The highest BCUT2D eigenvalue weighted by atomic mass is 16.5. The van der Waals surface area contributed by atoms with E-state index in [-0.39, 0.29) is 18.4 Å². The molecule has 0 aromatic heterocycles. The molecule has 3 aromatic carbocycles. The van der Waals surface area contributed by atoms with Gasteiger partial charge in [-0.3, -0.25) is 9.59 Å². The van der Waals surface area contributed by atoms with Crippen LogP contribution >= 0.6 is 0 Å². The fraction of sp³-hybridized carbons (Fsp3) is 0.167. The molecular formula is C24H23N3O4. The van der Waals surface area contributed by atoms with Gasteiger partial charge in [0.25, 0.3) is 11.8 Å². The van der Waals surface area contributed by atoms with E-state index in [1.807, 2.05) is 30.3 Å². The van der Waals surface area contributed by atoms with E-state index < -0.39 is 0 Å². The van der Waals surface area contributed by atoms with Gasteiger partial charge in [-0.1, -0.05) is 24.3 Å². The highest BCUT2D eigenvalue weighted by molar-refractivity contribution is 6.11. The average Bonchev–Trinajstić information content (AvgIpc) is 3.20. The maximum atomic E-state index is 12.8. The summed E-state index contributed by atoms with van der Waals surface area (Å²) in [5.74, 6) is 0.196. The van der Waals surface area contributed by atoms with Crippen LogP contribution in [0.25, 0.3) is 11.1 Å². The summed E-state index contributed by atoms with van der Waals surface area (Å²) < 4.78 is 5.48. The zero-order valence-electron chi connectivity index (χ0n) is 17.1. The molecule has 4 rings (SSSR count). The van der Waals surface area contributed by atoms with Crippen LogP contribution in [0.1, 0.15) is 26.3 Å². The second-order valence-corrected chi connectivity index (χ2v) is 7.08. The summed E-state index contributed by atoms with van der Waals surface area (Å²) >= 11 is 0. The molecule has 0 unspecified atom stereocenters. The minimum atomic E-state index is -0.305. The van der Waals surface area contributed by atoms with Gasteiger partial charge in [0.1, 0.15) is 5.75 Å². The molecule has 0 spiro atoms. The van der Waals surface area contributed by atoms with Crippen LogP contribution < -0.4 is 20.7 Å². The predicted octanol–water partition coefficient (Wildman–Crippen LogP) is 3.26. The Balaban J connectivity index is 1.63. The Bertz CT molecular complexity index is 1130. The second-order valence-electron chi connectivity index (χ2n) is 7.08. The molecule has 0 saturated carbocycles. The number of hydrogen-bond donors (Lipinski definition) is 4. The lowest BCUT2D eigenvalue weighted by Gasteiger charge is -2.15. The highest BCUT2D eigenvalue weighted by Gasteiger charge is 2.27. The number of amides is 2. The van der Waals surface area contributed by atoms with Gasteiger partial charge in [0.15, 0.2) is 0 Å². The summed E-state index contributed by atoms with van der Waals surface area (Å²) in [6.07, 6.45) is 0. The predicted molar refractivity (Wildman–Crippen MR) is 120 cm³/mol. The number of hydrogen-bond acceptors (Lipinski definition) is 5. The van der Waals surface area contributed by atoms with Crippen molar-refractivity contribution in [1.29, 1.82) is 0 Å². The van der Waals surface area contributed by atoms with Crippen molar-refractivity contribution >= 4 is 23.2 Å². The molecule has 7 nitrogen and oxygen atoms in total. The van der Waals surface area contributed by atoms with E-state index in [9.17, 15) is 9.59 Å². The number of carbonyl (C=O) groups is 2. The molecule has 0 aliphatic carbocycles. The molecule has 0 bridgehead atoms. The summed E-state index contributed by atoms with van der Waals surface area (Å²) in [5, 5.41) is 17.6. The third kappa shape index (κ3) is 4.08. The summed E-state index contributed by atoms with van der Waals surface area (Å²) in [6, 6.07) is 18.2. The number of carbonyl (C=O) groups excluding carboxylic acids is 2. The number of methoxy groups -OCH3 is 1. The number of nitrogens with one attached hydrogen (secondary N) is 3. The SMILES string of the molecule is COc1ccccc1-c1ccc(NC(=O)c2ccc(NCCO)cc2)c2c1CNC2=O. The average molecular weight is 417 g/mol. The first-order chi connectivity index (χ1) is 15.1. The summed E-state index contributed by atoms with van der Waals surface area (Å²) in [7, 11) is 1.61. The molecule has 0 atom stereocenters. The van der Waals surface area contributed by atoms with Crippen molar-refractivity contribution in [3.8, 4) is 16.9 Å². The minimum absolute atomic E-state index is 0.0280. The van der Waals surface area contributed by atoms with E-state index >= 15 is 0 Å². The summed E-state index contributed by atoms with van der Waals surface area (Å²) in [4.78, 5) is 25.3. The Morgan fingerprint density at radius 3 is 2.58 bits per heavy atom. The largest absolute Gasteiger partial charge is 0.496 e. The first kappa shape index (κ1) is 20.4. The van der Waals surface area contributed by atoms with Crippen molar-refractivity contribution in [2.45, 2.75) is 6.54 Å². The number of anilines is 2. The molecule has 158 valence electrons. The van der Waals surface area contributed by atoms with Crippen molar-refractivity contribution in [2.75, 3.05) is 30.9 Å². The van der Waals surface area contributed by atoms with E-state index in [1.54, 1.807) is 37.4 Å². The molecule has 2 amide bonds. The van der Waals surface area contributed by atoms with Gasteiger partial charge in [0, 0.05) is 29.9 Å². The van der Waals surface area contributed by atoms with Crippen molar-refractivity contribution in [2.24, 2.45) is 0 Å². The van der Waals surface area contributed by atoms with Crippen LogP contribution in [0.2, 0.25) is 0 Å². The van der Waals surface area contributed by atoms with Crippen LogP contribution in [-0.4, -0.2) is 37.2 Å². The Hall–Kier alpha value is -3.84. The minimum Gasteiger partial charge on any atom is -0.496 e. The normalized spacial score (nSPS) is 12.1. The lowest BCUT2D eigenvalue weighted by Crippen LogP contribution is -2.17. The Kier molecular flexibility index (Phi) is 5.86. The maximum Gasteiger partial charge on any atom is 0.255 e. The lowest BCUT2D eigenvalue weighted by molar-refractivity contribution is 0.0966. The van der Waals surface area contributed by atoms with Gasteiger partial charge in [-0.05, 0) is 47.5 Å². The van der Waals surface area contributed by atoms with Gasteiger partial charge in [0.05, 0.1) is 25.0 Å². The van der Waals surface area contributed by atoms with Crippen molar-refractivity contribution in [3.63, 3.8) is 0 Å². The summed E-state index contributed by atoms with van der Waals surface area (Å²) in [5.41, 5.74) is 4.83. The quantitative estimate of drug-likeness (QED) is 0.473. The number of ether oxygens (including phenoxy) is 1. The van der Waals surface area contributed by atoms with Crippen LogP contribution in [-0.2, 0) is 6.54 Å². The zero-order valence-corrected chi connectivity index (χ0v) is 17.1. The van der Waals surface area contributed by atoms with Crippen LogP contribution in [0.3, 0.4) is 0 Å². The first-order valence-electron chi connectivity index (χ1n) is 9.96. The van der Waals surface area contributed by atoms with Gasteiger partial charge in [0.2, 0.25) is 0 Å². The number of aliphatic hydroxyl groups is 1. The standard InChI is InChI=1S/C24H23N3O4/c1-31-21-5-3-2-4-18(21)17-10-11-20(22-19(17)14-26-24(22)30)27-23(29)15-6-8-16(9-7-15)25-12-13-28/h2-11,25,28H,12-14H2,1H3,(H,26,30)(H,27,29). The molecular weight excluding hydrogens is 394 g/mol. The van der Waals surface area contributed by atoms with E-state index in [0.29, 0.717) is 29.9 Å². The topological polar surface area (TPSA) is 99.7 Å². The van der Waals surface area contributed by atoms with Crippen LogP contribution in [0.5, 0.6) is 5.75 Å².